The van der Waals surface area contributed by atoms with Gasteiger partial charge in [0.1, 0.15) is 5.78 Å². The molecule has 0 bridgehead atoms. The van der Waals surface area contributed by atoms with Crippen molar-refractivity contribution in [1.82, 2.24) is 4.90 Å². The zero-order valence-corrected chi connectivity index (χ0v) is 18.9. The van der Waals surface area contributed by atoms with Crippen molar-refractivity contribution in [2.24, 2.45) is 5.41 Å². The van der Waals surface area contributed by atoms with E-state index in [1.165, 1.54) is 11.1 Å². The van der Waals surface area contributed by atoms with Gasteiger partial charge in [0.15, 0.2) is 0 Å². The number of halogens is 1. The number of hydrogen-bond acceptors (Lipinski definition) is 3. The monoisotopic (exact) mass is 417 g/mol. The Balaban J connectivity index is 1.63. The van der Waals surface area contributed by atoms with Crippen molar-refractivity contribution in [3.05, 3.63) is 56.7 Å². The van der Waals surface area contributed by atoms with Gasteiger partial charge in [-0.25, -0.2) is 0 Å². The van der Waals surface area contributed by atoms with E-state index in [0.29, 0.717) is 11.8 Å². The number of thiophene rings is 1. The van der Waals surface area contributed by atoms with Crippen molar-refractivity contribution in [3.63, 3.8) is 0 Å². The third-order valence-corrected chi connectivity index (χ3v) is 7.64. The molecule has 1 aromatic heterocycles. The van der Waals surface area contributed by atoms with Crippen molar-refractivity contribution in [2.75, 3.05) is 6.54 Å². The van der Waals surface area contributed by atoms with E-state index in [1.54, 1.807) is 11.8 Å². The van der Waals surface area contributed by atoms with Gasteiger partial charge in [-0.1, -0.05) is 62.9 Å². The van der Waals surface area contributed by atoms with Gasteiger partial charge in [0.05, 0.1) is 0 Å². The van der Waals surface area contributed by atoms with Gasteiger partial charge in [0.2, 0.25) is 0 Å². The van der Waals surface area contributed by atoms with Gasteiger partial charge in [-0.3, -0.25) is 9.69 Å². The van der Waals surface area contributed by atoms with Crippen molar-refractivity contribution < 1.29 is 4.79 Å². The highest BCUT2D eigenvalue weighted by Crippen LogP contribution is 2.36. The fourth-order valence-electron chi connectivity index (χ4n) is 4.07. The molecule has 3 rings (SSSR count). The SMILES string of the molecule is CC(=O)C(C)(C)CCCCCC(c1ccccc1Cl)N1CCc2sccc2C1. The zero-order chi connectivity index (χ0) is 20.1. The molecule has 4 heteroatoms. The predicted octanol–water partition coefficient (Wildman–Crippen LogP) is 7.07. The molecular weight excluding hydrogens is 386 g/mol. The second-order valence-electron chi connectivity index (χ2n) is 8.67. The second kappa shape index (κ2) is 9.56. The Bertz CT molecular complexity index is 797. The molecule has 0 saturated heterocycles. The fourth-order valence-corrected chi connectivity index (χ4v) is 5.23. The van der Waals surface area contributed by atoms with E-state index in [4.69, 9.17) is 11.6 Å². The first-order chi connectivity index (χ1) is 13.4. The Morgan fingerprint density at radius 3 is 2.75 bits per heavy atom. The first kappa shape index (κ1) is 21.5. The minimum absolute atomic E-state index is 0.190. The highest BCUT2D eigenvalue weighted by molar-refractivity contribution is 7.10. The minimum Gasteiger partial charge on any atom is -0.299 e. The number of ketones is 1. The summed E-state index contributed by atoms with van der Waals surface area (Å²) in [7, 11) is 0. The Labute approximate surface area is 178 Å². The summed E-state index contributed by atoms with van der Waals surface area (Å²) in [5.41, 5.74) is 2.55. The minimum atomic E-state index is -0.190. The third-order valence-electron chi connectivity index (χ3n) is 6.27. The Morgan fingerprint density at radius 1 is 1.21 bits per heavy atom. The number of unbranched alkanes of at least 4 members (excludes halogenated alkanes) is 2. The van der Waals surface area contributed by atoms with Crippen LogP contribution in [-0.4, -0.2) is 17.2 Å². The standard InChI is InChI=1S/C24H32ClNOS/c1-18(27)24(2,3)14-8-4-5-11-22(20-9-6-7-10-21(20)25)26-15-12-23-19(17-26)13-16-28-23/h6-7,9-10,13,16,22H,4-5,8,11-12,14-15,17H2,1-3H3. The summed E-state index contributed by atoms with van der Waals surface area (Å²) in [6.07, 6.45) is 6.66. The maximum atomic E-state index is 11.7. The average Bonchev–Trinajstić information content (AvgIpc) is 3.13. The van der Waals surface area contributed by atoms with Crippen molar-refractivity contribution in [2.45, 2.75) is 71.9 Å². The van der Waals surface area contributed by atoms with Crippen LogP contribution in [0.4, 0.5) is 0 Å². The van der Waals surface area contributed by atoms with Crippen molar-refractivity contribution in [3.8, 4) is 0 Å². The summed E-state index contributed by atoms with van der Waals surface area (Å²) in [4.78, 5) is 15.9. The third kappa shape index (κ3) is 5.25. The molecule has 152 valence electrons. The Kier molecular flexibility index (Phi) is 7.36. The molecule has 1 aliphatic heterocycles. The van der Waals surface area contributed by atoms with Gasteiger partial charge >= 0.3 is 0 Å². The summed E-state index contributed by atoms with van der Waals surface area (Å²) in [5.74, 6) is 0.293. The van der Waals surface area contributed by atoms with Gasteiger partial charge in [-0.2, -0.15) is 0 Å². The quantitative estimate of drug-likeness (QED) is 0.406. The average molecular weight is 418 g/mol. The molecule has 0 N–H and O–H groups in total. The molecule has 0 fully saturated rings. The van der Waals surface area contributed by atoms with Gasteiger partial charge < -0.3 is 0 Å². The first-order valence-electron chi connectivity index (χ1n) is 10.4. The van der Waals surface area contributed by atoms with Crippen LogP contribution in [0.15, 0.2) is 35.7 Å². The fraction of sp³-hybridized carbons (Fsp3) is 0.542. The summed E-state index contributed by atoms with van der Waals surface area (Å²) >= 11 is 8.48. The summed E-state index contributed by atoms with van der Waals surface area (Å²) in [6, 6.07) is 11.0. The molecule has 0 aliphatic carbocycles. The van der Waals surface area contributed by atoms with Gasteiger partial charge in [0, 0.05) is 34.4 Å². The van der Waals surface area contributed by atoms with Crippen LogP contribution in [0.5, 0.6) is 0 Å². The zero-order valence-electron chi connectivity index (χ0n) is 17.3. The van der Waals surface area contributed by atoms with E-state index in [1.807, 2.05) is 23.5 Å². The first-order valence-corrected chi connectivity index (χ1v) is 11.7. The Hall–Kier alpha value is -1.16. The number of Topliss-reactive ketones (excluding diaryl/α,β-unsaturated/α-hetero) is 1. The number of rotatable bonds is 9. The molecule has 0 radical (unpaired) electrons. The van der Waals surface area contributed by atoms with Gasteiger partial charge in [0.25, 0.3) is 0 Å². The normalized spacial score (nSPS) is 16.0. The maximum Gasteiger partial charge on any atom is 0.135 e. The highest BCUT2D eigenvalue weighted by atomic mass is 35.5. The maximum absolute atomic E-state index is 11.7. The van der Waals surface area contributed by atoms with Crippen LogP contribution in [0.3, 0.4) is 0 Å². The number of nitrogens with zero attached hydrogens (tertiary/aromatic N) is 1. The molecule has 2 heterocycles. The molecule has 1 atom stereocenters. The lowest BCUT2D eigenvalue weighted by molar-refractivity contribution is -0.125. The van der Waals surface area contributed by atoms with E-state index in [2.05, 4.69) is 42.3 Å². The van der Waals surface area contributed by atoms with Crippen molar-refractivity contribution in [1.29, 1.82) is 0 Å². The lowest BCUT2D eigenvalue weighted by atomic mass is 9.83. The van der Waals surface area contributed by atoms with E-state index < -0.39 is 0 Å². The Morgan fingerprint density at radius 2 is 2.00 bits per heavy atom. The van der Waals surface area contributed by atoms with Gasteiger partial charge in [-0.05, 0) is 54.8 Å². The topological polar surface area (TPSA) is 20.3 Å². The molecule has 1 unspecified atom stereocenters. The lowest BCUT2D eigenvalue weighted by Gasteiger charge is -2.35. The number of benzene rings is 1. The molecule has 0 spiro atoms. The smallest absolute Gasteiger partial charge is 0.135 e. The number of carbonyl (C=O) groups is 1. The highest BCUT2D eigenvalue weighted by Gasteiger charge is 2.27. The van der Waals surface area contributed by atoms with Crippen LogP contribution in [0.2, 0.25) is 5.02 Å². The van der Waals surface area contributed by atoms with E-state index >= 15 is 0 Å². The van der Waals surface area contributed by atoms with E-state index in [0.717, 1.165) is 56.6 Å². The predicted molar refractivity (Wildman–Crippen MR) is 120 cm³/mol. The molecule has 2 aromatic rings. The van der Waals surface area contributed by atoms with Gasteiger partial charge in [-0.15, -0.1) is 11.3 Å². The van der Waals surface area contributed by atoms with Crippen LogP contribution in [0.25, 0.3) is 0 Å². The van der Waals surface area contributed by atoms with Crippen molar-refractivity contribution >= 4 is 28.7 Å². The van der Waals surface area contributed by atoms with E-state index in [-0.39, 0.29) is 5.41 Å². The summed E-state index contributed by atoms with van der Waals surface area (Å²) in [6.45, 7) is 7.96. The van der Waals surface area contributed by atoms with E-state index in [9.17, 15) is 4.79 Å². The molecule has 1 aliphatic rings. The summed E-state index contributed by atoms with van der Waals surface area (Å²) < 4.78 is 0. The lowest BCUT2D eigenvalue weighted by Crippen LogP contribution is -2.33. The van der Waals surface area contributed by atoms with Crippen LogP contribution >= 0.6 is 22.9 Å². The molecular formula is C24H32ClNOS. The van der Waals surface area contributed by atoms with Crippen LogP contribution in [0.1, 0.15) is 74.9 Å². The van der Waals surface area contributed by atoms with Crippen LogP contribution < -0.4 is 0 Å². The molecule has 1 aromatic carbocycles. The number of carbonyl (C=O) groups excluding carboxylic acids is 1. The van der Waals surface area contributed by atoms with Crippen LogP contribution in [-0.2, 0) is 17.8 Å². The van der Waals surface area contributed by atoms with Crippen LogP contribution in [0, 0.1) is 5.41 Å². The molecule has 0 amide bonds. The second-order valence-corrected chi connectivity index (χ2v) is 10.1. The molecule has 28 heavy (non-hydrogen) atoms. The largest absolute Gasteiger partial charge is 0.299 e. The number of hydrogen-bond donors (Lipinski definition) is 0. The molecule has 0 saturated carbocycles. The number of fused-ring (bicyclic) bond motifs is 1. The summed E-state index contributed by atoms with van der Waals surface area (Å²) in [5, 5.41) is 3.09. The molecule has 2 nitrogen and oxygen atoms in total.